The average Bonchev–Trinajstić information content (AvgIpc) is 2.87. The average molecular weight is 258 g/mol. The molecule has 1 aliphatic rings. The maximum absolute atomic E-state index is 11.0. The molecule has 0 bridgehead atoms. The molecule has 2 aromatic heterocycles. The van der Waals surface area contributed by atoms with E-state index in [2.05, 4.69) is 29.5 Å². The maximum atomic E-state index is 11.0. The highest BCUT2D eigenvalue weighted by atomic mass is 16.4. The third kappa shape index (κ3) is 1.91. The molecule has 0 fully saturated rings. The molecule has 4 heteroatoms. The number of aryl methyl sites for hydroxylation is 1. The Balaban J connectivity index is 2.20. The first-order valence-electron chi connectivity index (χ1n) is 6.77. The number of carboxylic acids is 1. The highest BCUT2D eigenvalue weighted by molar-refractivity contribution is 5.84. The molecule has 0 amide bonds. The van der Waals surface area contributed by atoms with Crippen molar-refractivity contribution in [3.8, 4) is 0 Å². The van der Waals surface area contributed by atoms with Crippen molar-refractivity contribution in [2.75, 3.05) is 0 Å². The number of aromatic nitrogens is 2. The molecule has 3 heterocycles. The van der Waals surface area contributed by atoms with Crippen LogP contribution in [0.15, 0.2) is 18.5 Å². The van der Waals surface area contributed by atoms with E-state index in [9.17, 15) is 4.79 Å². The Hall–Kier alpha value is -1.84. The lowest BCUT2D eigenvalue weighted by atomic mass is 10.0. The topological polar surface area (TPSA) is 55.1 Å². The third-order valence-corrected chi connectivity index (χ3v) is 3.98. The lowest BCUT2D eigenvalue weighted by Crippen LogP contribution is -2.10. The van der Waals surface area contributed by atoms with Crippen LogP contribution in [0.5, 0.6) is 0 Å². The summed E-state index contributed by atoms with van der Waals surface area (Å²) in [7, 11) is 0. The standard InChI is InChI=1S/C15H18N2O2/c1-9(2)13-8-16-7-10-5-11-3-4-12(6-14(18)19)17(11)15(10)13/h5,7-9,12H,3-4,6H2,1-2H3,(H,18,19). The van der Waals surface area contributed by atoms with Crippen LogP contribution >= 0.6 is 0 Å². The summed E-state index contributed by atoms with van der Waals surface area (Å²) in [5, 5.41) is 10.2. The van der Waals surface area contributed by atoms with Crippen molar-refractivity contribution in [1.82, 2.24) is 9.55 Å². The van der Waals surface area contributed by atoms with Gasteiger partial charge in [-0.05, 0) is 30.4 Å². The number of fused-ring (bicyclic) bond motifs is 3. The molecule has 0 aliphatic carbocycles. The second kappa shape index (κ2) is 4.37. The van der Waals surface area contributed by atoms with E-state index in [1.54, 1.807) is 0 Å². The van der Waals surface area contributed by atoms with Crippen molar-refractivity contribution < 1.29 is 9.90 Å². The number of nitrogens with zero attached hydrogens (tertiary/aromatic N) is 2. The minimum atomic E-state index is -0.722. The van der Waals surface area contributed by atoms with Crippen LogP contribution in [0.2, 0.25) is 0 Å². The van der Waals surface area contributed by atoms with Crippen molar-refractivity contribution in [2.45, 2.75) is 45.1 Å². The second-order valence-corrected chi connectivity index (χ2v) is 5.62. The summed E-state index contributed by atoms with van der Waals surface area (Å²) < 4.78 is 2.24. The van der Waals surface area contributed by atoms with Crippen molar-refractivity contribution in [2.24, 2.45) is 0 Å². The molecule has 4 nitrogen and oxygen atoms in total. The molecule has 19 heavy (non-hydrogen) atoms. The van der Waals surface area contributed by atoms with Crippen molar-refractivity contribution >= 4 is 16.9 Å². The number of aliphatic carboxylic acids is 1. The highest BCUT2D eigenvalue weighted by Crippen LogP contribution is 2.37. The van der Waals surface area contributed by atoms with E-state index in [4.69, 9.17) is 5.11 Å². The zero-order valence-electron chi connectivity index (χ0n) is 11.3. The van der Waals surface area contributed by atoms with Crippen LogP contribution in [-0.4, -0.2) is 20.6 Å². The Kier molecular flexibility index (Phi) is 2.81. The molecule has 3 rings (SSSR count). The van der Waals surface area contributed by atoms with Gasteiger partial charge in [0.1, 0.15) is 0 Å². The largest absolute Gasteiger partial charge is 0.481 e. The summed E-state index contributed by atoms with van der Waals surface area (Å²) in [5.74, 6) is -0.332. The summed E-state index contributed by atoms with van der Waals surface area (Å²) in [5.41, 5.74) is 3.64. The molecule has 0 radical (unpaired) electrons. The van der Waals surface area contributed by atoms with E-state index >= 15 is 0 Å². The Morgan fingerprint density at radius 2 is 2.32 bits per heavy atom. The number of hydrogen-bond acceptors (Lipinski definition) is 2. The third-order valence-electron chi connectivity index (χ3n) is 3.98. The molecule has 1 unspecified atom stereocenters. The zero-order chi connectivity index (χ0) is 13.6. The van der Waals surface area contributed by atoms with Gasteiger partial charge >= 0.3 is 5.97 Å². The summed E-state index contributed by atoms with van der Waals surface area (Å²) in [4.78, 5) is 15.3. The van der Waals surface area contributed by atoms with Crippen LogP contribution < -0.4 is 0 Å². The van der Waals surface area contributed by atoms with Gasteiger partial charge in [-0.3, -0.25) is 9.78 Å². The van der Waals surface area contributed by atoms with E-state index < -0.39 is 5.97 Å². The maximum Gasteiger partial charge on any atom is 0.305 e. The summed E-state index contributed by atoms with van der Waals surface area (Å²) in [6.45, 7) is 4.30. The predicted octanol–water partition coefficient (Wildman–Crippen LogP) is 3.12. The fourth-order valence-electron chi connectivity index (χ4n) is 3.13. The molecule has 1 N–H and O–H groups in total. The predicted molar refractivity (Wildman–Crippen MR) is 73.4 cm³/mol. The van der Waals surface area contributed by atoms with Crippen molar-refractivity contribution in [3.05, 3.63) is 29.7 Å². The number of carboxylic acid groups (broad SMARTS) is 1. The SMILES string of the molecule is CC(C)c1cncc2cc3n(c12)C(CC(=O)O)CC3. The molecule has 100 valence electrons. The van der Waals surface area contributed by atoms with Crippen molar-refractivity contribution in [1.29, 1.82) is 0 Å². The van der Waals surface area contributed by atoms with Crippen LogP contribution in [0.4, 0.5) is 0 Å². The highest BCUT2D eigenvalue weighted by Gasteiger charge is 2.27. The van der Waals surface area contributed by atoms with E-state index in [1.165, 1.54) is 16.8 Å². The number of carbonyl (C=O) groups is 1. The van der Waals surface area contributed by atoms with Crippen LogP contribution in [-0.2, 0) is 11.2 Å². The normalized spacial score (nSPS) is 18.2. The minimum absolute atomic E-state index is 0.0879. The summed E-state index contributed by atoms with van der Waals surface area (Å²) in [6, 6.07) is 2.25. The van der Waals surface area contributed by atoms with E-state index in [-0.39, 0.29) is 12.5 Å². The lowest BCUT2D eigenvalue weighted by molar-refractivity contribution is -0.137. The monoisotopic (exact) mass is 258 g/mol. The minimum Gasteiger partial charge on any atom is -0.481 e. The van der Waals surface area contributed by atoms with Gasteiger partial charge in [0, 0.05) is 29.5 Å². The Bertz CT molecular complexity index is 643. The molecule has 2 aromatic rings. The Morgan fingerprint density at radius 3 is 3.00 bits per heavy atom. The van der Waals surface area contributed by atoms with Gasteiger partial charge in [-0.2, -0.15) is 0 Å². The van der Waals surface area contributed by atoms with Gasteiger partial charge in [0.15, 0.2) is 0 Å². The van der Waals surface area contributed by atoms with E-state index in [1.807, 2.05) is 12.4 Å². The lowest BCUT2D eigenvalue weighted by Gasteiger charge is -2.16. The first kappa shape index (κ1) is 12.2. The smallest absolute Gasteiger partial charge is 0.305 e. The molecule has 0 spiro atoms. The van der Waals surface area contributed by atoms with Crippen LogP contribution in [0, 0.1) is 0 Å². The molecule has 0 saturated carbocycles. The van der Waals surface area contributed by atoms with Crippen LogP contribution in [0.3, 0.4) is 0 Å². The summed E-state index contributed by atoms with van der Waals surface area (Å²) >= 11 is 0. The Morgan fingerprint density at radius 1 is 1.53 bits per heavy atom. The zero-order valence-corrected chi connectivity index (χ0v) is 11.3. The van der Waals surface area contributed by atoms with Gasteiger partial charge in [-0.25, -0.2) is 0 Å². The van der Waals surface area contributed by atoms with Gasteiger partial charge in [0.05, 0.1) is 11.9 Å². The molecular weight excluding hydrogens is 240 g/mol. The first-order chi connectivity index (χ1) is 9.08. The number of hydrogen-bond donors (Lipinski definition) is 1. The van der Waals surface area contributed by atoms with E-state index in [0.29, 0.717) is 5.92 Å². The molecule has 0 saturated heterocycles. The first-order valence-corrected chi connectivity index (χ1v) is 6.77. The van der Waals surface area contributed by atoms with Gasteiger partial charge < -0.3 is 9.67 Å². The number of pyridine rings is 1. The van der Waals surface area contributed by atoms with Crippen LogP contribution in [0.1, 0.15) is 49.9 Å². The molecule has 1 atom stereocenters. The second-order valence-electron chi connectivity index (χ2n) is 5.62. The van der Waals surface area contributed by atoms with Gasteiger partial charge in [0.25, 0.3) is 0 Å². The van der Waals surface area contributed by atoms with Crippen molar-refractivity contribution in [3.63, 3.8) is 0 Å². The Labute approximate surface area is 112 Å². The fourth-order valence-corrected chi connectivity index (χ4v) is 3.13. The van der Waals surface area contributed by atoms with Crippen LogP contribution in [0.25, 0.3) is 10.9 Å². The van der Waals surface area contributed by atoms with Gasteiger partial charge in [0.2, 0.25) is 0 Å². The van der Waals surface area contributed by atoms with Gasteiger partial charge in [-0.15, -0.1) is 0 Å². The molecule has 0 aromatic carbocycles. The molecule has 1 aliphatic heterocycles. The number of rotatable bonds is 3. The molecular formula is C15H18N2O2. The summed E-state index contributed by atoms with van der Waals surface area (Å²) in [6.07, 6.45) is 5.89. The van der Waals surface area contributed by atoms with Gasteiger partial charge in [-0.1, -0.05) is 13.8 Å². The fraction of sp³-hybridized carbons (Fsp3) is 0.467. The quantitative estimate of drug-likeness (QED) is 0.920. The van der Waals surface area contributed by atoms with E-state index in [0.717, 1.165) is 18.2 Å².